The van der Waals surface area contributed by atoms with Crippen LogP contribution < -0.4 is 0 Å². The van der Waals surface area contributed by atoms with Crippen molar-refractivity contribution in [1.29, 1.82) is 0 Å². The van der Waals surface area contributed by atoms with Gasteiger partial charge in [0.05, 0.1) is 19.2 Å². The highest BCUT2D eigenvalue weighted by molar-refractivity contribution is 6.15. The topological polar surface area (TPSA) is 41.4 Å². The highest BCUT2D eigenvalue weighted by Gasteiger charge is 2.31. The SMILES string of the molecule is [B]C1(Cc2ccc(C)cn2)CCN(C(=C)c2cccnc2/C(=C/C=C)N=CC)CC1. The van der Waals surface area contributed by atoms with Gasteiger partial charge in [0.25, 0.3) is 0 Å². The fraction of sp³-hybridized carbons (Fsp3) is 0.320. The molecule has 1 fully saturated rings. The molecule has 4 nitrogen and oxygen atoms in total. The smallest absolute Gasteiger partial charge is 0.0978 e. The molecule has 3 rings (SSSR count). The Balaban J connectivity index is 1.73. The standard InChI is InChI=1S/C25H29BN4/c1-5-8-23(27-6-2)24-22(9-7-14-28-24)20(4)30-15-12-25(26,13-16-30)17-21-11-10-19(3)18-29-21/h5-11,14,18H,1,4,12-13,15-17H2,2-3H3/b23-8-,27-6?. The maximum atomic E-state index is 6.74. The van der Waals surface area contributed by atoms with Crippen molar-refractivity contribution in [3.8, 4) is 0 Å². The average molecular weight is 396 g/mol. The molecule has 1 aliphatic heterocycles. The predicted molar refractivity (Wildman–Crippen MR) is 128 cm³/mol. The first-order valence-electron chi connectivity index (χ1n) is 10.4. The first kappa shape index (κ1) is 21.8. The number of allylic oxidation sites excluding steroid dienone is 2. The Hall–Kier alpha value is -2.95. The highest BCUT2D eigenvalue weighted by atomic mass is 15.1. The number of aliphatic imine (C=N–C) groups is 1. The van der Waals surface area contributed by atoms with E-state index in [1.807, 2.05) is 38.3 Å². The molecule has 1 saturated heterocycles. The Morgan fingerprint density at radius 1 is 1.27 bits per heavy atom. The first-order valence-corrected chi connectivity index (χ1v) is 10.4. The number of piperidine rings is 1. The summed E-state index contributed by atoms with van der Waals surface area (Å²) in [6.45, 7) is 13.8. The lowest BCUT2D eigenvalue weighted by molar-refractivity contribution is 0.266. The number of nitrogens with zero attached hydrogens (tertiary/aromatic N) is 4. The summed E-state index contributed by atoms with van der Waals surface area (Å²) in [6.07, 6.45) is 11.6. The summed E-state index contributed by atoms with van der Waals surface area (Å²) in [4.78, 5) is 15.9. The second-order valence-electron chi connectivity index (χ2n) is 7.87. The van der Waals surface area contributed by atoms with Crippen LogP contribution in [0.4, 0.5) is 0 Å². The van der Waals surface area contributed by atoms with E-state index >= 15 is 0 Å². The molecule has 1 aliphatic rings. The molecular weight excluding hydrogens is 367 g/mol. The van der Waals surface area contributed by atoms with Crippen LogP contribution in [0.25, 0.3) is 11.4 Å². The van der Waals surface area contributed by atoms with Crippen LogP contribution >= 0.6 is 0 Å². The van der Waals surface area contributed by atoms with Gasteiger partial charge < -0.3 is 4.90 Å². The first-order chi connectivity index (χ1) is 14.5. The molecule has 0 aromatic carbocycles. The van der Waals surface area contributed by atoms with Crippen LogP contribution in [0.3, 0.4) is 0 Å². The van der Waals surface area contributed by atoms with Gasteiger partial charge in [0.1, 0.15) is 0 Å². The summed E-state index contributed by atoms with van der Waals surface area (Å²) >= 11 is 0. The van der Waals surface area contributed by atoms with E-state index in [0.29, 0.717) is 0 Å². The Morgan fingerprint density at radius 2 is 2.03 bits per heavy atom. The predicted octanol–water partition coefficient (Wildman–Crippen LogP) is 5.04. The van der Waals surface area contributed by atoms with Crippen LogP contribution in [0.1, 0.15) is 42.3 Å². The highest BCUT2D eigenvalue weighted by Crippen LogP contribution is 2.40. The van der Waals surface area contributed by atoms with Crippen LogP contribution in [0.15, 0.2) is 67.0 Å². The average Bonchev–Trinajstić information content (AvgIpc) is 2.75. The molecular formula is C25H29BN4. The van der Waals surface area contributed by atoms with Gasteiger partial charge in [-0.25, -0.2) is 0 Å². The fourth-order valence-corrected chi connectivity index (χ4v) is 3.81. The molecule has 0 N–H and O–H groups in total. The van der Waals surface area contributed by atoms with Crippen LogP contribution in [-0.2, 0) is 6.42 Å². The number of hydrogen-bond acceptors (Lipinski definition) is 4. The van der Waals surface area contributed by atoms with Gasteiger partial charge >= 0.3 is 0 Å². The number of aromatic nitrogens is 2. The van der Waals surface area contributed by atoms with Gasteiger partial charge in [0.15, 0.2) is 0 Å². The maximum absolute atomic E-state index is 6.74. The lowest BCUT2D eigenvalue weighted by Gasteiger charge is -2.41. The van der Waals surface area contributed by atoms with E-state index in [1.165, 1.54) is 5.56 Å². The molecule has 2 radical (unpaired) electrons. The van der Waals surface area contributed by atoms with E-state index in [1.54, 1.807) is 18.5 Å². The number of hydrogen-bond donors (Lipinski definition) is 0. The Labute approximate surface area is 181 Å². The van der Waals surface area contributed by atoms with Crippen molar-refractivity contribution in [1.82, 2.24) is 14.9 Å². The van der Waals surface area contributed by atoms with Crippen LogP contribution in [0.5, 0.6) is 0 Å². The Bertz CT molecular complexity index is 951. The molecule has 30 heavy (non-hydrogen) atoms. The van der Waals surface area contributed by atoms with Crippen LogP contribution in [0, 0.1) is 6.92 Å². The summed E-state index contributed by atoms with van der Waals surface area (Å²) in [6, 6.07) is 8.16. The zero-order valence-corrected chi connectivity index (χ0v) is 18.0. The van der Waals surface area contributed by atoms with Gasteiger partial charge in [-0.05, 0) is 62.9 Å². The lowest BCUT2D eigenvalue weighted by Crippen LogP contribution is -2.37. The molecule has 3 heterocycles. The summed E-state index contributed by atoms with van der Waals surface area (Å²) < 4.78 is 0. The Morgan fingerprint density at radius 3 is 2.67 bits per heavy atom. The van der Waals surface area contributed by atoms with E-state index in [2.05, 4.69) is 45.2 Å². The molecule has 2 aromatic heterocycles. The van der Waals surface area contributed by atoms with E-state index in [4.69, 9.17) is 7.85 Å². The lowest BCUT2D eigenvalue weighted by atomic mass is 9.60. The third-order valence-electron chi connectivity index (χ3n) is 5.55. The van der Waals surface area contributed by atoms with Crippen LogP contribution in [0.2, 0.25) is 5.31 Å². The number of rotatable bonds is 7. The second-order valence-corrected chi connectivity index (χ2v) is 7.87. The van der Waals surface area contributed by atoms with Crippen molar-refractivity contribution in [3.05, 3.63) is 84.5 Å². The minimum Gasteiger partial charge on any atom is -0.371 e. The zero-order valence-electron chi connectivity index (χ0n) is 18.0. The molecule has 152 valence electrons. The number of likely N-dealkylation sites (tertiary alicyclic amines) is 1. The van der Waals surface area contributed by atoms with Gasteiger partial charge in [0, 0.05) is 48.7 Å². The molecule has 0 amide bonds. The van der Waals surface area contributed by atoms with Gasteiger partial charge in [-0.2, -0.15) is 0 Å². The minimum atomic E-state index is -0.239. The molecule has 0 spiro atoms. The molecule has 0 saturated carbocycles. The molecule has 0 aliphatic carbocycles. The van der Waals surface area contributed by atoms with E-state index in [9.17, 15) is 0 Å². The summed E-state index contributed by atoms with van der Waals surface area (Å²) in [5.41, 5.74) is 5.76. The third-order valence-corrected chi connectivity index (χ3v) is 5.55. The van der Waals surface area contributed by atoms with Crippen molar-refractivity contribution in [2.24, 2.45) is 4.99 Å². The van der Waals surface area contributed by atoms with E-state index in [-0.39, 0.29) is 5.31 Å². The van der Waals surface area contributed by atoms with E-state index in [0.717, 1.165) is 60.7 Å². The van der Waals surface area contributed by atoms with Crippen molar-refractivity contribution >= 4 is 25.5 Å². The number of aryl methyl sites for hydroxylation is 1. The summed E-state index contributed by atoms with van der Waals surface area (Å²) in [5.74, 6) is 0. The molecule has 2 aromatic rings. The molecule has 5 heteroatoms. The fourth-order valence-electron chi connectivity index (χ4n) is 3.81. The van der Waals surface area contributed by atoms with Gasteiger partial charge in [-0.15, -0.1) is 0 Å². The zero-order chi connectivity index (χ0) is 21.6. The molecule has 0 bridgehead atoms. The maximum Gasteiger partial charge on any atom is 0.0978 e. The monoisotopic (exact) mass is 396 g/mol. The van der Waals surface area contributed by atoms with Gasteiger partial charge in [0.2, 0.25) is 0 Å². The molecule has 0 unspecified atom stereocenters. The second kappa shape index (κ2) is 9.70. The quantitative estimate of drug-likeness (QED) is 0.374. The normalized spacial score (nSPS) is 16.6. The van der Waals surface area contributed by atoms with Crippen molar-refractivity contribution in [2.75, 3.05) is 13.1 Å². The summed E-state index contributed by atoms with van der Waals surface area (Å²) in [7, 11) is 6.74. The third kappa shape index (κ3) is 5.15. The number of pyridine rings is 2. The minimum absolute atomic E-state index is 0.239. The van der Waals surface area contributed by atoms with Gasteiger partial charge in [-0.3, -0.25) is 15.0 Å². The Kier molecular flexibility index (Phi) is 7.04. The summed E-state index contributed by atoms with van der Waals surface area (Å²) in [5, 5.41) is -0.239. The van der Waals surface area contributed by atoms with Gasteiger partial charge in [-0.1, -0.05) is 30.6 Å². The largest absolute Gasteiger partial charge is 0.371 e. The van der Waals surface area contributed by atoms with Crippen molar-refractivity contribution in [3.63, 3.8) is 0 Å². The van der Waals surface area contributed by atoms with Crippen molar-refractivity contribution < 1.29 is 0 Å². The molecule has 0 atom stereocenters. The van der Waals surface area contributed by atoms with E-state index < -0.39 is 0 Å². The van der Waals surface area contributed by atoms with Crippen LogP contribution in [-0.4, -0.2) is 42.0 Å². The van der Waals surface area contributed by atoms with Crippen molar-refractivity contribution in [2.45, 2.75) is 38.4 Å².